The van der Waals surface area contributed by atoms with Gasteiger partial charge in [-0.2, -0.15) is 0 Å². The van der Waals surface area contributed by atoms with Gasteiger partial charge in [-0.05, 0) is 24.6 Å². The van der Waals surface area contributed by atoms with Gasteiger partial charge >= 0.3 is 0 Å². The fourth-order valence-corrected chi connectivity index (χ4v) is 2.10. The van der Waals surface area contributed by atoms with Crippen LogP contribution in [0.3, 0.4) is 0 Å². The summed E-state index contributed by atoms with van der Waals surface area (Å²) in [4.78, 5) is 11.8. The number of halogens is 2. The number of rotatable bonds is 3. The molecule has 0 aliphatic carbocycles. The summed E-state index contributed by atoms with van der Waals surface area (Å²) >= 11 is 5.67. The summed E-state index contributed by atoms with van der Waals surface area (Å²) in [6.07, 6.45) is -0.455. The van der Waals surface area contributed by atoms with Crippen molar-refractivity contribution in [3.8, 4) is 5.75 Å². The Morgan fingerprint density at radius 3 is 3.00 bits per heavy atom. The van der Waals surface area contributed by atoms with Crippen molar-refractivity contribution in [1.82, 2.24) is 10.6 Å². The maximum atomic E-state index is 12.9. The fraction of sp³-hybridized carbons (Fsp3) is 0.417. The molecule has 0 aromatic heterocycles. The summed E-state index contributed by atoms with van der Waals surface area (Å²) in [7, 11) is 0. The van der Waals surface area contributed by atoms with E-state index >= 15 is 0 Å². The van der Waals surface area contributed by atoms with Gasteiger partial charge in [0.1, 0.15) is 11.9 Å². The molecule has 4 nitrogen and oxygen atoms in total. The number of nitrogens with one attached hydrogen (secondary N) is 2. The van der Waals surface area contributed by atoms with Gasteiger partial charge in [0.05, 0.1) is 5.56 Å². The van der Waals surface area contributed by atoms with E-state index in [2.05, 4.69) is 10.6 Å². The van der Waals surface area contributed by atoms with E-state index in [1.807, 2.05) is 0 Å². The van der Waals surface area contributed by atoms with E-state index < -0.39 is 12.1 Å². The highest BCUT2D eigenvalue weighted by molar-refractivity contribution is 6.30. The van der Waals surface area contributed by atoms with Gasteiger partial charge in [-0.15, -0.1) is 0 Å². The number of carbonyl (C=O) groups is 1. The van der Waals surface area contributed by atoms with Gasteiger partial charge in [-0.3, -0.25) is 4.79 Å². The second-order valence-corrected chi connectivity index (χ2v) is 4.75. The number of amides is 1. The van der Waals surface area contributed by atoms with E-state index in [9.17, 15) is 14.3 Å². The Kier molecular flexibility index (Phi) is 4.04. The minimum Gasteiger partial charge on any atom is -0.507 e. The molecule has 1 fully saturated rings. The summed E-state index contributed by atoms with van der Waals surface area (Å²) in [6, 6.07) is 4.23. The number of aromatic hydroxyl groups is 1. The Morgan fingerprint density at radius 1 is 1.61 bits per heavy atom. The monoisotopic (exact) mass is 272 g/mol. The number of carbonyl (C=O) groups excluding carboxylic acids is 1. The van der Waals surface area contributed by atoms with Crippen molar-refractivity contribution in [3.63, 3.8) is 0 Å². The second kappa shape index (κ2) is 5.54. The molecule has 98 valence electrons. The maximum Gasteiger partial charge on any atom is 0.255 e. The van der Waals surface area contributed by atoms with E-state index in [-0.39, 0.29) is 17.4 Å². The lowest BCUT2D eigenvalue weighted by Crippen LogP contribution is -2.37. The molecular formula is C12H14ClFN2O2. The molecule has 1 amide bonds. The van der Waals surface area contributed by atoms with Crippen molar-refractivity contribution in [2.75, 3.05) is 13.1 Å². The average Bonchev–Trinajstić information content (AvgIpc) is 2.72. The highest BCUT2D eigenvalue weighted by atomic mass is 35.5. The molecule has 0 saturated carbocycles. The van der Waals surface area contributed by atoms with Gasteiger partial charge in [0, 0.05) is 24.2 Å². The second-order valence-electron chi connectivity index (χ2n) is 4.31. The Balaban J connectivity index is 1.91. The van der Waals surface area contributed by atoms with Crippen LogP contribution >= 0.6 is 11.6 Å². The number of alkyl halides is 1. The molecule has 1 aromatic carbocycles. The van der Waals surface area contributed by atoms with Crippen LogP contribution in [-0.2, 0) is 0 Å². The van der Waals surface area contributed by atoms with E-state index in [1.165, 1.54) is 18.2 Å². The Morgan fingerprint density at radius 2 is 2.39 bits per heavy atom. The van der Waals surface area contributed by atoms with Crippen LogP contribution in [0.25, 0.3) is 0 Å². The first kappa shape index (κ1) is 13.1. The molecule has 2 rings (SSSR count). The van der Waals surface area contributed by atoms with Crippen LogP contribution in [0.4, 0.5) is 4.39 Å². The molecule has 0 unspecified atom stereocenters. The third kappa shape index (κ3) is 3.11. The van der Waals surface area contributed by atoms with E-state index in [4.69, 9.17) is 11.6 Å². The lowest BCUT2D eigenvalue weighted by Gasteiger charge is -2.12. The van der Waals surface area contributed by atoms with Crippen LogP contribution in [0.2, 0.25) is 5.02 Å². The largest absolute Gasteiger partial charge is 0.507 e. The molecule has 0 spiro atoms. The number of hydrogen-bond acceptors (Lipinski definition) is 3. The van der Waals surface area contributed by atoms with Crippen molar-refractivity contribution in [2.45, 2.75) is 18.6 Å². The topological polar surface area (TPSA) is 61.4 Å². The van der Waals surface area contributed by atoms with E-state index in [0.717, 1.165) is 0 Å². The molecule has 3 N–H and O–H groups in total. The zero-order valence-corrected chi connectivity index (χ0v) is 10.4. The summed E-state index contributed by atoms with van der Waals surface area (Å²) in [5.41, 5.74) is 0.161. The first-order valence-corrected chi connectivity index (χ1v) is 6.08. The molecule has 1 aliphatic heterocycles. The van der Waals surface area contributed by atoms with Crippen molar-refractivity contribution in [3.05, 3.63) is 28.8 Å². The Hall–Kier alpha value is -1.33. The fourth-order valence-electron chi connectivity index (χ4n) is 1.93. The quantitative estimate of drug-likeness (QED) is 0.781. The molecule has 6 heteroatoms. The predicted molar refractivity (Wildman–Crippen MR) is 66.8 cm³/mol. The van der Waals surface area contributed by atoms with Gasteiger partial charge in [0.15, 0.2) is 0 Å². The third-order valence-corrected chi connectivity index (χ3v) is 3.12. The van der Waals surface area contributed by atoms with Gasteiger partial charge in [0.2, 0.25) is 0 Å². The minimum atomic E-state index is -0.851. The summed E-state index contributed by atoms with van der Waals surface area (Å²) in [5, 5.41) is 15.6. The molecule has 2 atom stereocenters. The molecule has 18 heavy (non-hydrogen) atoms. The van der Waals surface area contributed by atoms with Gasteiger partial charge < -0.3 is 15.7 Å². The molecule has 1 heterocycles. The van der Waals surface area contributed by atoms with Crippen molar-refractivity contribution in [2.24, 2.45) is 0 Å². The summed E-state index contributed by atoms with van der Waals surface area (Å²) < 4.78 is 12.9. The van der Waals surface area contributed by atoms with E-state index in [1.54, 1.807) is 0 Å². The lowest BCUT2D eigenvalue weighted by molar-refractivity contribution is 0.0947. The van der Waals surface area contributed by atoms with Crippen molar-refractivity contribution in [1.29, 1.82) is 0 Å². The zero-order valence-electron chi connectivity index (χ0n) is 9.62. The van der Waals surface area contributed by atoms with Gasteiger partial charge in [-0.1, -0.05) is 11.6 Å². The zero-order chi connectivity index (χ0) is 13.1. The average molecular weight is 273 g/mol. The number of phenolic OH excluding ortho intramolecular Hbond substituents is 1. The van der Waals surface area contributed by atoms with Crippen LogP contribution in [0.1, 0.15) is 16.8 Å². The molecule has 1 aliphatic rings. The highest BCUT2D eigenvalue weighted by Gasteiger charge is 2.24. The third-order valence-electron chi connectivity index (χ3n) is 2.88. The SMILES string of the molecule is O=C(NC[C@@H]1C[C@H](F)CN1)c1ccc(Cl)cc1O. The Bertz CT molecular complexity index is 456. The van der Waals surface area contributed by atoms with Crippen LogP contribution in [0.5, 0.6) is 5.75 Å². The first-order valence-electron chi connectivity index (χ1n) is 5.70. The van der Waals surface area contributed by atoms with Crippen LogP contribution < -0.4 is 10.6 Å². The van der Waals surface area contributed by atoms with Crippen molar-refractivity contribution >= 4 is 17.5 Å². The normalized spacial score (nSPS) is 23.0. The first-order chi connectivity index (χ1) is 8.56. The number of phenols is 1. The van der Waals surface area contributed by atoms with Crippen LogP contribution in [0.15, 0.2) is 18.2 Å². The summed E-state index contributed by atoms with van der Waals surface area (Å²) in [6.45, 7) is 0.661. The standard InChI is InChI=1S/C12H14ClFN2O2/c13-7-1-2-10(11(17)3-7)12(18)16-6-9-4-8(14)5-15-9/h1-3,8-9,15,17H,4-6H2,(H,16,18)/t8-,9-/m0/s1. The van der Waals surface area contributed by atoms with E-state index in [0.29, 0.717) is 24.5 Å². The molecular weight excluding hydrogens is 259 g/mol. The minimum absolute atomic E-state index is 0.0570. The molecule has 0 bridgehead atoms. The smallest absolute Gasteiger partial charge is 0.255 e. The highest BCUT2D eigenvalue weighted by Crippen LogP contribution is 2.21. The van der Waals surface area contributed by atoms with Crippen molar-refractivity contribution < 1.29 is 14.3 Å². The van der Waals surface area contributed by atoms with Crippen LogP contribution in [0, 0.1) is 0 Å². The van der Waals surface area contributed by atoms with Gasteiger partial charge in [-0.25, -0.2) is 4.39 Å². The molecule has 1 aromatic rings. The Labute approximate surface area is 109 Å². The lowest BCUT2D eigenvalue weighted by atomic mass is 10.1. The van der Waals surface area contributed by atoms with Crippen LogP contribution in [-0.4, -0.2) is 36.3 Å². The maximum absolute atomic E-state index is 12.9. The summed E-state index contributed by atoms with van der Waals surface area (Å²) in [5.74, 6) is -0.559. The number of hydrogen-bond donors (Lipinski definition) is 3. The van der Waals surface area contributed by atoms with Gasteiger partial charge in [0.25, 0.3) is 5.91 Å². The predicted octanol–water partition coefficient (Wildman–Crippen LogP) is 1.48. The molecule has 1 saturated heterocycles. The number of benzene rings is 1. The molecule has 0 radical (unpaired) electrons.